The summed E-state index contributed by atoms with van der Waals surface area (Å²) in [5.74, 6) is -0.310. The molecule has 1 aliphatic rings. The molecule has 0 aliphatic carbocycles. The molecule has 4 heteroatoms. The summed E-state index contributed by atoms with van der Waals surface area (Å²) >= 11 is 0. The van der Waals surface area contributed by atoms with Crippen molar-refractivity contribution in [3.63, 3.8) is 0 Å². The number of rotatable bonds is 4. The Hall–Kier alpha value is -2.17. The van der Waals surface area contributed by atoms with Gasteiger partial charge in [0.25, 0.3) is 0 Å². The van der Waals surface area contributed by atoms with Gasteiger partial charge in [0, 0.05) is 6.92 Å². The van der Waals surface area contributed by atoms with Crippen molar-refractivity contribution in [2.24, 2.45) is 0 Å². The summed E-state index contributed by atoms with van der Waals surface area (Å²) in [5, 5.41) is 0. The predicted octanol–water partition coefficient (Wildman–Crippen LogP) is 3.45. The number of ether oxygens (including phenoxy) is 3. The largest absolute Gasteiger partial charge is 0.463 e. The molecule has 120 valence electrons. The van der Waals surface area contributed by atoms with Crippen molar-refractivity contribution in [1.82, 2.24) is 0 Å². The van der Waals surface area contributed by atoms with E-state index in [0.717, 1.165) is 11.1 Å². The Balaban J connectivity index is 1.81. The van der Waals surface area contributed by atoms with Crippen LogP contribution >= 0.6 is 0 Å². The van der Waals surface area contributed by atoms with E-state index < -0.39 is 0 Å². The molecular weight excluding hydrogens is 292 g/mol. The van der Waals surface area contributed by atoms with E-state index in [1.54, 1.807) is 0 Å². The van der Waals surface area contributed by atoms with Crippen LogP contribution in [-0.2, 0) is 19.0 Å². The Kier molecular flexibility index (Phi) is 5.05. The van der Waals surface area contributed by atoms with E-state index in [4.69, 9.17) is 14.2 Å². The molecule has 0 radical (unpaired) electrons. The Morgan fingerprint density at radius 1 is 1.00 bits per heavy atom. The topological polar surface area (TPSA) is 44.8 Å². The monoisotopic (exact) mass is 312 g/mol. The molecule has 0 spiro atoms. The summed E-state index contributed by atoms with van der Waals surface area (Å²) in [6, 6.07) is 20.0. The van der Waals surface area contributed by atoms with E-state index in [9.17, 15) is 4.79 Å². The van der Waals surface area contributed by atoms with E-state index in [1.807, 2.05) is 60.7 Å². The molecule has 2 aromatic rings. The third-order valence-corrected chi connectivity index (χ3v) is 3.80. The average molecular weight is 312 g/mol. The fourth-order valence-electron chi connectivity index (χ4n) is 2.72. The molecule has 1 saturated heterocycles. The number of hydrogen-bond donors (Lipinski definition) is 0. The lowest BCUT2D eigenvalue weighted by Gasteiger charge is -2.37. The minimum Gasteiger partial charge on any atom is -0.463 e. The van der Waals surface area contributed by atoms with Crippen LogP contribution in [0.4, 0.5) is 0 Å². The Morgan fingerprint density at radius 3 is 2.13 bits per heavy atom. The van der Waals surface area contributed by atoms with Gasteiger partial charge in [-0.05, 0) is 11.1 Å². The zero-order chi connectivity index (χ0) is 16.1. The second-order valence-corrected chi connectivity index (χ2v) is 5.56. The third-order valence-electron chi connectivity index (χ3n) is 3.80. The summed E-state index contributed by atoms with van der Waals surface area (Å²) in [5.41, 5.74) is 2.13. The molecule has 0 N–H and O–H groups in total. The van der Waals surface area contributed by atoms with E-state index >= 15 is 0 Å². The average Bonchev–Trinajstić information content (AvgIpc) is 2.61. The molecule has 1 aliphatic heterocycles. The summed E-state index contributed by atoms with van der Waals surface area (Å²) in [6.45, 7) is 2.00. The quantitative estimate of drug-likeness (QED) is 0.811. The smallest absolute Gasteiger partial charge is 0.302 e. The van der Waals surface area contributed by atoms with Crippen molar-refractivity contribution in [2.75, 3.05) is 13.2 Å². The summed E-state index contributed by atoms with van der Waals surface area (Å²) in [7, 11) is 0. The molecule has 3 rings (SSSR count). The first-order valence-electron chi connectivity index (χ1n) is 7.74. The van der Waals surface area contributed by atoms with Crippen molar-refractivity contribution in [2.45, 2.75) is 25.2 Å². The van der Waals surface area contributed by atoms with Crippen molar-refractivity contribution in [1.29, 1.82) is 0 Å². The highest BCUT2D eigenvalue weighted by molar-refractivity contribution is 5.65. The minimum absolute atomic E-state index is 0.174. The Labute approximate surface area is 136 Å². The van der Waals surface area contributed by atoms with E-state index in [1.165, 1.54) is 6.92 Å². The van der Waals surface area contributed by atoms with Crippen LogP contribution in [-0.4, -0.2) is 25.3 Å². The summed E-state index contributed by atoms with van der Waals surface area (Å²) in [4.78, 5) is 11.0. The maximum Gasteiger partial charge on any atom is 0.302 e. The van der Waals surface area contributed by atoms with Gasteiger partial charge in [-0.25, -0.2) is 0 Å². The van der Waals surface area contributed by atoms with Gasteiger partial charge in [-0.15, -0.1) is 0 Å². The van der Waals surface area contributed by atoms with Gasteiger partial charge in [-0.2, -0.15) is 0 Å². The van der Waals surface area contributed by atoms with Gasteiger partial charge in [0.15, 0.2) is 0 Å². The molecule has 23 heavy (non-hydrogen) atoms. The van der Waals surface area contributed by atoms with Crippen molar-refractivity contribution >= 4 is 5.97 Å². The number of benzene rings is 2. The molecular formula is C19H20O4. The molecule has 0 aromatic heterocycles. The Bertz CT molecular complexity index is 626. The van der Waals surface area contributed by atoms with Gasteiger partial charge in [0.1, 0.15) is 24.9 Å². The van der Waals surface area contributed by atoms with Gasteiger partial charge in [0.05, 0.1) is 6.61 Å². The molecule has 1 fully saturated rings. The third kappa shape index (κ3) is 3.97. The van der Waals surface area contributed by atoms with Crippen LogP contribution in [0.25, 0.3) is 0 Å². The normalized spacial score (nSPS) is 24.1. The van der Waals surface area contributed by atoms with E-state index in [-0.39, 0.29) is 30.9 Å². The lowest BCUT2D eigenvalue weighted by atomic mass is 9.96. The van der Waals surface area contributed by atoms with Crippen molar-refractivity contribution < 1.29 is 19.0 Å². The van der Waals surface area contributed by atoms with Crippen molar-refractivity contribution in [3.8, 4) is 0 Å². The number of hydrogen-bond acceptors (Lipinski definition) is 4. The van der Waals surface area contributed by atoms with Crippen LogP contribution in [0.1, 0.15) is 30.3 Å². The molecule has 3 unspecified atom stereocenters. The molecule has 0 amide bonds. The maximum atomic E-state index is 11.0. The van der Waals surface area contributed by atoms with Gasteiger partial charge >= 0.3 is 5.97 Å². The van der Waals surface area contributed by atoms with E-state index in [2.05, 4.69) is 0 Å². The number of carbonyl (C=O) groups is 1. The first kappa shape index (κ1) is 15.7. The van der Waals surface area contributed by atoms with Gasteiger partial charge in [-0.1, -0.05) is 60.7 Å². The molecule has 0 saturated carbocycles. The minimum atomic E-state index is -0.310. The maximum absolute atomic E-state index is 11.0. The highest BCUT2D eigenvalue weighted by Crippen LogP contribution is 2.39. The fourth-order valence-corrected chi connectivity index (χ4v) is 2.72. The van der Waals surface area contributed by atoms with Crippen LogP contribution in [0.15, 0.2) is 60.7 Å². The fraction of sp³-hybridized carbons (Fsp3) is 0.316. The first-order valence-corrected chi connectivity index (χ1v) is 7.74. The molecule has 4 nitrogen and oxygen atoms in total. The molecule has 1 heterocycles. The highest BCUT2D eigenvalue weighted by atomic mass is 16.6. The van der Waals surface area contributed by atoms with Gasteiger partial charge in [-0.3, -0.25) is 4.79 Å². The lowest BCUT2D eigenvalue weighted by Crippen LogP contribution is -2.37. The van der Waals surface area contributed by atoms with Gasteiger partial charge < -0.3 is 14.2 Å². The predicted molar refractivity (Wildman–Crippen MR) is 85.8 cm³/mol. The highest BCUT2D eigenvalue weighted by Gasteiger charge is 2.34. The molecule has 3 atom stereocenters. The summed E-state index contributed by atoms with van der Waals surface area (Å²) < 4.78 is 17.3. The standard InChI is InChI=1S/C19H20O4/c1-14(20)21-12-17-13-22-18(15-8-4-2-5-9-15)19(23-17)16-10-6-3-7-11-16/h2-11,17-19H,12-13H2,1H3. The zero-order valence-electron chi connectivity index (χ0n) is 13.1. The van der Waals surface area contributed by atoms with Crippen LogP contribution < -0.4 is 0 Å². The summed E-state index contributed by atoms with van der Waals surface area (Å²) in [6.07, 6.45) is -0.663. The zero-order valence-corrected chi connectivity index (χ0v) is 13.1. The SMILES string of the molecule is CC(=O)OCC1COC(c2ccccc2)C(c2ccccc2)O1. The Morgan fingerprint density at radius 2 is 1.57 bits per heavy atom. The van der Waals surface area contributed by atoms with Crippen LogP contribution in [0.3, 0.4) is 0 Å². The molecule has 0 bridgehead atoms. The van der Waals surface area contributed by atoms with Crippen LogP contribution in [0.5, 0.6) is 0 Å². The van der Waals surface area contributed by atoms with Crippen LogP contribution in [0.2, 0.25) is 0 Å². The first-order chi connectivity index (χ1) is 11.2. The van der Waals surface area contributed by atoms with Crippen LogP contribution in [0, 0.1) is 0 Å². The number of carbonyl (C=O) groups excluding carboxylic acids is 1. The number of esters is 1. The van der Waals surface area contributed by atoms with Gasteiger partial charge in [0.2, 0.25) is 0 Å². The lowest BCUT2D eigenvalue weighted by molar-refractivity contribution is -0.201. The second kappa shape index (κ2) is 7.40. The molecule has 2 aromatic carbocycles. The van der Waals surface area contributed by atoms with E-state index in [0.29, 0.717) is 6.61 Å². The van der Waals surface area contributed by atoms with Crippen molar-refractivity contribution in [3.05, 3.63) is 71.8 Å². The second-order valence-electron chi connectivity index (χ2n) is 5.56.